The Morgan fingerprint density at radius 3 is 2.65 bits per heavy atom. The molecule has 0 saturated carbocycles. The Labute approximate surface area is 202 Å². The van der Waals surface area contributed by atoms with E-state index in [2.05, 4.69) is 22.5 Å². The number of carbonyl (C=O) groups excluding carboxylic acids is 2. The van der Waals surface area contributed by atoms with Crippen LogP contribution in [0.2, 0.25) is 0 Å². The Kier molecular flexibility index (Phi) is 7.49. The molecule has 8 heteroatoms. The predicted octanol–water partition coefficient (Wildman–Crippen LogP) is 5.00. The fourth-order valence-electron chi connectivity index (χ4n) is 3.39. The van der Waals surface area contributed by atoms with Gasteiger partial charge in [0.15, 0.2) is 5.16 Å². The van der Waals surface area contributed by atoms with Crippen LogP contribution < -0.4 is 10.6 Å². The molecule has 2 amide bonds. The van der Waals surface area contributed by atoms with E-state index in [9.17, 15) is 9.59 Å². The van der Waals surface area contributed by atoms with Crippen LogP contribution in [0.5, 0.6) is 0 Å². The van der Waals surface area contributed by atoms with Crippen molar-refractivity contribution in [3.63, 3.8) is 0 Å². The van der Waals surface area contributed by atoms with Crippen LogP contribution in [0.1, 0.15) is 34.4 Å². The molecule has 4 aromatic rings. The number of nitrogens with one attached hydrogen (secondary N) is 2. The third kappa shape index (κ3) is 5.96. The summed E-state index contributed by atoms with van der Waals surface area (Å²) in [5.74, 6) is 1.42. The molecule has 174 valence electrons. The van der Waals surface area contributed by atoms with Crippen LogP contribution in [0.4, 0.5) is 5.69 Å². The van der Waals surface area contributed by atoms with Gasteiger partial charge in [-0.15, -0.1) is 0 Å². The third-order valence-corrected chi connectivity index (χ3v) is 6.16. The lowest BCUT2D eigenvalue weighted by atomic mass is 10.1. The molecule has 0 bridgehead atoms. The number of hydrogen-bond acceptors (Lipinski definition) is 5. The monoisotopic (exact) mass is 474 g/mol. The molecule has 0 aliphatic heterocycles. The highest BCUT2D eigenvalue weighted by molar-refractivity contribution is 7.99. The summed E-state index contributed by atoms with van der Waals surface area (Å²) in [4.78, 5) is 29.4. The van der Waals surface area contributed by atoms with E-state index in [4.69, 9.17) is 4.42 Å². The van der Waals surface area contributed by atoms with Crippen LogP contribution in [0.3, 0.4) is 0 Å². The van der Waals surface area contributed by atoms with Crippen LogP contribution in [0.15, 0.2) is 82.6 Å². The van der Waals surface area contributed by atoms with Crippen LogP contribution >= 0.6 is 11.8 Å². The summed E-state index contributed by atoms with van der Waals surface area (Å²) in [6.45, 7) is 4.28. The van der Waals surface area contributed by atoms with Gasteiger partial charge in [-0.25, -0.2) is 4.98 Å². The first-order valence-corrected chi connectivity index (χ1v) is 12.0. The Hall–Kier alpha value is -3.78. The summed E-state index contributed by atoms with van der Waals surface area (Å²) < 4.78 is 7.36. The van der Waals surface area contributed by atoms with Crippen molar-refractivity contribution >= 4 is 29.3 Å². The average molecular weight is 475 g/mol. The molecule has 0 aliphatic carbocycles. The minimum absolute atomic E-state index is 0.106. The molecule has 2 aromatic heterocycles. The number of furan rings is 1. The number of thioether (sulfide) groups is 1. The van der Waals surface area contributed by atoms with Crippen LogP contribution in [-0.2, 0) is 17.8 Å². The van der Waals surface area contributed by atoms with Crippen molar-refractivity contribution < 1.29 is 14.0 Å². The van der Waals surface area contributed by atoms with E-state index in [0.29, 0.717) is 23.0 Å². The van der Waals surface area contributed by atoms with Crippen molar-refractivity contribution in [3.8, 4) is 5.69 Å². The SMILES string of the molecule is CCc1ccc(NC(=O)CSc2nccn2-c2cccc(C(=O)NCc3ccc(C)o3)c2)cc1. The molecular weight excluding hydrogens is 448 g/mol. The lowest BCUT2D eigenvalue weighted by molar-refractivity contribution is -0.113. The minimum atomic E-state index is -0.196. The molecule has 2 aromatic carbocycles. The molecule has 0 radical (unpaired) electrons. The summed E-state index contributed by atoms with van der Waals surface area (Å²) >= 11 is 1.33. The largest absolute Gasteiger partial charge is 0.465 e. The van der Waals surface area contributed by atoms with Gasteiger partial charge in [0, 0.05) is 29.3 Å². The Morgan fingerprint density at radius 1 is 1.09 bits per heavy atom. The first-order chi connectivity index (χ1) is 16.5. The molecule has 4 rings (SSSR count). The predicted molar refractivity (Wildman–Crippen MR) is 133 cm³/mol. The topological polar surface area (TPSA) is 89.2 Å². The second-order valence-electron chi connectivity index (χ2n) is 7.71. The smallest absolute Gasteiger partial charge is 0.251 e. The number of aryl methyl sites for hydroxylation is 2. The Morgan fingerprint density at radius 2 is 1.91 bits per heavy atom. The maximum Gasteiger partial charge on any atom is 0.251 e. The van der Waals surface area contributed by atoms with Crippen molar-refractivity contribution in [1.82, 2.24) is 14.9 Å². The zero-order chi connectivity index (χ0) is 23.9. The molecule has 0 aliphatic rings. The number of hydrogen-bond donors (Lipinski definition) is 2. The highest BCUT2D eigenvalue weighted by Crippen LogP contribution is 2.22. The average Bonchev–Trinajstić information content (AvgIpc) is 3.50. The molecule has 2 N–H and O–H groups in total. The van der Waals surface area contributed by atoms with Crippen molar-refractivity contribution in [2.24, 2.45) is 0 Å². The van der Waals surface area contributed by atoms with Gasteiger partial charge in [0.2, 0.25) is 5.91 Å². The number of rotatable bonds is 9. The molecule has 0 unspecified atom stereocenters. The summed E-state index contributed by atoms with van der Waals surface area (Å²) in [6, 6.07) is 18.8. The molecule has 34 heavy (non-hydrogen) atoms. The molecule has 0 fully saturated rings. The lowest BCUT2D eigenvalue weighted by Crippen LogP contribution is -2.22. The second kappa shape index (κ2) is 10.9. The first-order valence-electron chi connectivity index (χ1n) is 11.0. The maximum atomic E-state index is 12.6. The summed E-state index contributed by atoms with van der Waals surface area (Å²) in [7, 11) is 0. The zero-order valence-corrected chi connectivity index (χ0v) is 19.9. The molecule has 0 saturated heterocycles. The summed E-state index contributed by atoms with van der Waals surface area (Å²) in [5.41, 5.74) is 3.31. The number of nitrogens with zero attached hydrogens (tertiary/aromatic N) is 2. The van der Waals surface area contributed by atoms with Gasteiger partial charge in [-0.05, 0) is 61.4 Å². The van der Waals surface area contributed by atoms with Gasteiger partial charge in [-0.3, -0.25) is 14.2 Å². The van der Waals surface area contributed by atoms with E-state index >= 15 is 0 Å². The first kappa shape index (κ1) is 23.4. The quantitative estimate of drug-likeness (QED) is 0.333. The number of imidazole rings is 1. The van der Waals surface area contributed by atoms with E-state index in [0.717, 1.165) is 23.6 Å². The minimum Gasteiger partial charge on any atom is -0.465 e. The molecule has 7 nitrogen and oxygen atoms in total. The van der Waals surface area contributed by atoms with Crippen LogP contribution in [-0.4, -0.2) is 27.1 Å². The van der Waals surface area contributed by atoms with Gasteiger partial charge in [-0.1, -0.05) is 36.9 Å². The molecule has 0 spiro atoms. The van der Waals surface area contributed by atoms with Crippen molar-refractivity contribution in [2.75, 3.05) is 11.1 Å². The van der Waals surface area contributed by atoms with E-state index in [1.807, 2.05) is 66.2 Å². The summed E-state index contributed by atoms with van der Waals surface area (Å²) in [5, 5.41) is 6.45. The number of benzene rings is 2. The van der Waals surface area contributed by atoms with E-state index in [-0.39, 0.29) is 17.6 Å². The van der Waals surface area contributed by atoms with Crippen molar-refractivity contribution in [3.05, 3.63) is 95.7 Å². The molecule has 0 atom stereocenters. The number of aromatic nitrogens is 2. The van der Waals surface area contributed by atoms with Gasteiger partial charge < -0.3 is 15.1 Å². The van der Waals surface area contributed by atoms with Gasteiger partial charge in [0.1, 0.15) is 11.5 Å². The van der Waals surface area contributed by atoms with E-state index in [1.54, 1.807) is 18.3 Å². The van der Waals surface area contributed by atoms with Crippen LogP contribution in [0.25, 0.3) is 5.69 Å². The standard InChI is InChI=1S/C26H26N4O3S/c1-3-19-8-10-21(11-9-19)29-24(31)17-34-26-27-13-14-30(26)22-6-4-5-20(15-22)25(32)28-16-23-12-7-18(2)33-23/h4-15H,3,16-17H2,1-2H3,(H,28,32)(H,29,31). The van der Waals surface area contributed by atoms with Gasteiger partial charge >= 0.3 is 0 Å². The maximum absolute atomic E-state index is 12.6. The molecule has 2 heterocycles. The lowest BCUT2D eigenvalue weighted by Gasteiger charge is -2.10. The Balaban J connectivity index is 1.37. The van der Waals surface area contributed by atoms with Crippen LogP contribution in [0, 0.1) is 6.92 Å². The van der Waals surface area contributed by atoms with E-state index in [1.165, 1.54) is 17.3 Å². The highest BCUT2D eigenvalue weighted by Gasteiger charge is 2.12. The molecular formula is C26H26N4O3S. The van der Waals surface area contributed by atoms with Gasteiger partial charge in [0.05, 0.1) is 12.3 Å². The fraction of sp³-hybridized carbons (Fsp3) is 0.192. The van der Waals surface area contributed by atoms with Gasteiger partial charge in [0.25, 0.3) is 5.91 Å². The van der Waals surface area contributed by atoms with Gasteiger partial charge in [-0.2, -0.15) is 0 Å². The fourth-order valence-corrected chi connectivity index (χ4v) is 4.16. The summed E-state index contributed by atoms with van der Waals surface area (Å²) in [6.07, 6.45) is 4.45. The highest BCUT2D eigenvalue weighted by atomic mass is 32.2. The van der Waals surface area contributed by atoms with Crippen molar-refractivity contribution in [2.45, 2.75) is 32.0 Å². The van der Waals surface area contributed by atoms with E-state index < -0.39 is 0 Å². The normalized spacial score (nSPS) is 10.8. The number of carbonyl (C=O) groups is 2. The second-order valence-corrected chi connectivity index (χ2v) is 8.66. The number of amides is 2. The number of anilines is 1. The zero-order valence-electron chi connectivity index (χ0n) is 19.1. The van der Waals surface area contributed by atoms with Crippen molar-refractivity contribution in [1.29, 1.82) is 0 Å². The Bertz CT molecular complexity index is 1280. The third-order valence-electron chi connectivity index (χ3n) is 5.19.